The molecule has 2 rings (SSSR count). The van der Waals surface area contributed by atoms with Gasteiger partial charge in [0.25, 0.3) is 11.8 Å². The molecule has 0 unspecified atom stereocenters. The zero-order valence-corrected chi connectivity index (χ0v) is 15.7. The van der Waals surface area contributed by atoms with Gasteiger partial charge in [-0.25, -0.2) is 0 Å². The Morgan fingerprint density at radius 3 is 2.42 bits per heavy atom. The van der Waals surface area contributed by atoms with Crippen molar-refractivity contribution < 1.29 is 9.59 Å². The number of nitrogens with zero attached hydrogens (tertiary/aromatic N) is 1. The third kappa shape index (κ3) is 6.03. The minimum absolute atomic E-state index is 0.0443. The van der Waals surface area contributed by atoms with Crippen LogP contribution < -0.4 is 5.32 Å². The number of hydrogen-bond donors (Lipinski definition) is 1. The molecule has 1 N–H and O–H groups in total. The van der Waals surface area contributed by atoms with Gasteiger partial charge < -0.3 is 10.2 Å². The zero-order valence-electron chi connectivity index (χ0n) is 15.7. The SMILES string of the molecule is CCCCN(C)C(=O)c1cccc(C(=O)NCCCc2ccccc2)c1. The minimum atomic E-state index is -0.135. The lowest BCUT2D eigenvalue weighted by Gasteiger charge is -2.17. The van der Waals surface area contributed by atoms with Crippen molar-refractivity contribution in [3.8, 4) is 0 Å². The van der Waals surface area contributed by atoms with Crippen molar-refractivity contribution in [2.45, 2.75) is 32.6 Å². The molecule has 2 aromatic rings. The summed E-state index contributed by atoms with van der Waals surface area (Å²) in [5.74, 6) is -0.180. The standard InChI is InChI=1S/C22H28N2O2/c1-3-4-16-24(2)22(26)20-14-8-13-19(17-20)21(25)23-15-9-12-18-10-6-5-7-11-18/h5-8,10-11,13-14,17H,3-4,9,12,15-16H2,1-2H3,(H,23,25). The fourth-order valence-electron chi connectivity index (χ4n) is 2.75. The Balaban J connectivity index is 1.86. The number of hydrogen-bond acceptors (Lipinski definition) is 2. The molecule has 138 valence electrons. The number of carbonyl (C=O) groups excluding carboxylic acids is 2. The predicted octanol–water partition coefficient (Wildman–Crippen LogP) is 3.92. The third-order valence-corrected chi connectivity index (χ3v) is 4.34. The molecule has 0 radical (unpaired) electrons. The number of amides is 2. The Kier molecular flexibility index (Phi) is 7.87. The molecule has 0 atom stereocenters. The minimum Gasteiger partial charge on any atom is -0.352 e. The summed E-state index contributed by atoms with van der Waals surface area (Å²) in [4.78, 5) is 26.5. The first kappa shape index (κ1) is 19.7. The van der Waals surface area contributed by atoms with Crippen LogP contribution in [0.15, 0.2) is 54.6 Å². The lowest BCUT2D eigenvalue weighted by molar-refractivity contribution is 0.0793. The van der Waals surface area contributed by atoms with E-state index in [9.17, 15) is 9.59 Å². The second-order valence-electron chi connectivity index (χ2n) is 6.51. The Labute approximate surface area is 156 Å². The normalized spacial score (nSPS) is 10.4. The summed E-state index contributed by atoms with van der Waals surface area (Å²) >= 11 is 0. The van der Waals surface area contributed by atoms with Gasteiger partial charge in [0.15, 0.2) is 0 Å². The highest BCUT2D eigenvalue weighted by Gasteiger charge is 2.13. The molecule has 0 saturated heterocycles. The number of nitrogens with one attached hydrogen (secondary N) is 1. The molecule has 2 amide bonds. The first-order valence-electron chi connectivity index (χ1n) is 9.29. The van der Waals surface area contributed by atoms with Gasteiger partial charge in [0, 0.05) is 31.3 Å². The molecule has 2 aromatic carbocycles. The van der Waals surface area contributed by atoms with Crippen molar-refractivity contribution >= 4 is 11.8 Å². The van der Waals surface area contributed by atoms with Crippen molar-refractivity contribution in [3.63, 3.8) is 0 Å². The van der Waals surface area contributed by atoms with Crippen molar-refractivity contribution in [1.82, 2.24) is 10.2 Å². The highest BCUT2D eigenvalue weighted by molar-refractivity contribution is 5.99. The second kappa shape index (κ2) is 10.4. The van der Waals surface area contributed by atoms with E-state index in [0.29, 0.717) is 17.7 Å². The van der Waals surface area contributed by atoms with Crippen LogP contribution in [0.1, 0.15) is 52.5 Å². The molecule has 4 nitrogen and oxygen atoms in total. The molecule has 4 heteroatoms. The Bertz CT molecular complexity index is 713. The maximum Gasteiger partial charge on any atom is 0.253 e. The van der Waals surface area contributed by atoms with E-state index in [2.05, 4.69) is 24.4 Å². The van der Waals surface area contributed by atoms with Crippen molar-refractivity contribution in [2.75, 3.05) is 20.1 Å². The van der Waals surface area contributed by atoms with E-state index in [1.165, 1.54) is 5.56 Å². The molecule has 0 aliphatic heterocycles. The number of unbranched alkanes of at least 4 members (excludes halogenated alkanes) is 1. The van der Waals surface area contributed by atoms with Crippen LogP contribution in [0.4, 0.5) is 0 Å². The van der Waals surface area contributed by atoms with Gasteiger partial charge in [-0.1, -0.05) is 49.7 Å². The van der Waals surface area contributed by atoms with E-state index in [1.54, 1.807) is 36.2 Å². The average molecular weight is 352 g/mol. The molecule has 0 aliphatic carbocycles. The van der Waals surface area contributed by atoms with Crippen LogP contribution in [-0.2, 0) is 6.42 Å². The Morgan fingerprint density at radius 2 is 1.69 bits per heavy atom. The van der Waals surface area contributed by atoms with Crippen LogP contribution in [0.2, 0.25) is 0 Å². The fourth-order valence-corrected chi connectivity index (χ4v) is 2.75. The summed E-state index contributed by atoms with van der Waals surface area (Å²) in [5, 5.41) is 2.94. The summed E-state index contributed by atoms with van der Waals surface area (Å²) in [7, 11) is 1.80. The molecular formula is C22H28N2O2. The molecule has 0 fully saturated rings. The van der Waals surface area contributed by atoms with E-state index >= 15 is 0 Å². The quantitative estimate of drug-likeness (QED) is 0.695. The first-order valence-corrected chi connectivity index (χ1v) is 9.29. The van der Waals surface area contributed by atoms with Crippen molar-refractivity contribution in [1.29, 1.82) is 0 Å². The molecule has 26 heavy (non-hydrogen) atoms. The maximum atomic E-state index is 12.4. The number of aryl methyl sites for hydroxylation is 1. The van der Waals surface area contributed by atoms with Crippen LogP contribution in [-0.4, -0.2) is 36.9 Å². The van der Waals surface area contributed by atoms with Gasteiger partial charge in [-0.2, -0.15) is 0 Å². The van der Waals surface area contributed by atoms with Gasteiger partial charge in [0.05, 0.1) is 0 Å². The molecular weight excluding hydrogens is 324 g/mol. The molecule has 0 aromatic heterocycles. The van der Waals surface area contributed by atoms with Crippen molar-refractivity contribution in [3.05, 3.63) is 71.3 Å². The van der Waals surface area contributed by atoms with Crippen LogP contribution in [0, 0.1) is 0 Å². The maximum absolute atomic E-state index is 12.4. The van der Waals surface area contributed by atoms with Gasteiger partial charge in [0.1, 0.15) is 0 Å². The van der Waals surface area contributed by atoms with E-state index in [0.717, 1.165) is 32.2 Å². The van der Waals surface area contributed by atoms with Crippen LogP contribution in [0.3, 0.4) is 0 Å². The summed E-state index contributed by atoms with van der Waals surface area (Å²) in [5.41, 5.74) is 2.35. The summed E-state index contributed by atoms with van der Waals surface area (Å²) < 4.78 is 0. The number of carbonyl (C=O) groups is 2. The summed E-state index contributed by atoms with van der Waals surface area (Å²) in [6.07, 6.45) is 3.84. The van der Waals surface area contributed by atoms with Gasteiger partial charge in [-0.15, -0.1) is 0 Å². The second-order valence-corrected chi connectivity index (χ2v) is 6.51. The average Bonchev–Trinajstić information content (AvgIpc) is 2.69. The van der Waals surface area contributed by atoms with Gasteiger partial charge >= 0.3 is 0 Å². The topological polar surface area (TPSA) is 49.4 Å². The Hall–Kier alpha value is -2.62. The first-order chi connectivity index (χ1) is 12.6. The van der Waals surface area contributed by atoms with Crippen LogP contribution >= 0.6 is 0 Å². The highest BCUT2D eigenvalue weighted by Crippen LogP contribution is 2.09. The zero-order chi connectivity index (χ0) is 18.8. The van der Waals surface area contributed by atoms with E-state index in [4.69, 9.17) is 0 Å². The number of benzene rings is 2. The van der Waals surface area contributed by atoms with E-state index in [-0.39, 0.29) is 11.8 Å². The lowest BCUT2D eigenvalue weighted by atomic mass is 10.1. The highest BCUT2D eigenvalue weighted by atomic mass is 16.2. The Morgan fingerprint density at radius 1 is 0.962 bits per heavy atom. The monoisotopic (exact) mass is 352 g/mol. The molecule has 0 spiro atoms. The van der Waals surface area contributed by atoms with Crippen molar-refractivity contribution in [2.24, 2.45) is 0 Å². The van der Waals surface area contributed by atoms with Crippen LogP contribution in [0.5, 0.6) is 0 Å². The molecule has 0 saturated carbocycles. The lowest BCUT2D eigenvalue weighted by Crippen LogP contribution is -2.28. The number of rotatable bonds is 9. The largest absolute Gasteiger partial charge is 0.352 e. The van der Waals surface area contributed by atoms with Crippen LogP contribution in [0.25, 0.3) is 0 Å². The summed E-state index contributed by atoms with van der Waals surface area (Å²) in [6, 6.07) is 17.2. The van der Waals surface area contributed by atoms with E-state index < -0.39 is 0 Å². The van der Waals surface area contributed by atoms with Gasteiger partial charge in [-0.3, -0.25) is 9.59 Å². The smallest absolute Gasteiger partial charge is 0.253 e. The van der Waals surface area contributed by atoms with Gasteiger partial charge in [0.2, 0.25) is 0 Å². The fraction of sp³-hybridized carbons (Fsp3) is 0.364. The third-order valence-electron chi connectivity index (χ3n) is 4.34. The summed E-state index contributed by atoms with van der Waals surface area (Å²) in [6.45, 7) is 3.44. The van der Waals surface area contributed by atoms with Gasteiger partial charge in [-0.05, 0) is 43.0 Å². The molecule has 0 aliphatic rings. The predicted molar refractivity (Wildman–Crippen MR) is 105 cm³/mol. The molecule has 0 heterocycles. The molecule has 0 bridgehead atoms. The van der Waals surface area contributed by atoms with E-state index in [1.807, 2.05) is 18.2 Å².